The summed E-state index contributed by atoms with van der Waals surface area (Å²) in [5.41, 5.74) is 1.39. The summed E-state index contributed by atoms with van der Waals surface area (Å²) in [7, 11) is 0. The van der Waals surface area contributed by atoms with Gasteiger partial charge in [0.1, 0.15) is 5.60 Å². The van der Waals surface area contributed by atoms with E-state index < -0.39 is 0 Å². The third-order valence-electron chi connectivity index (χ3n) is 5.55. The molecule has 8 heteroatoms. The van der Waals surface area contributed by atoms with E-state index in [0.717, 1.165) is 43.2 Å². The molecule has 2 fully saturated rings. The van der Waals surface area contributed by atoms with Crippen molar-refractivity contribution in [3.05, 3.63) is 45.7 Å². The lowest BCUT2D eigenvalue weighted by Gasteiger charge is -2.32. The van der Waals surface area contributed by atoms with E-state index >= 15 is 0 Å². The number of nitrogens with zero attached hydrogens (tertiary/aromatic N) is 3. The van der Waals surface area contributed by atoms with Crippen LogP contribution in [0.3, 0.4) is 0 Å². The Balaban J connectivity index is 1.34. The normalized spacial score (nSPS) is 25.2. The van der Waals surface area contributed by atoms with Gasteiger partial charge in [-0.05, 0) is 38.8 Å². The molecule has 0 aromatic carbocycles. The molecule has 4 heterocycles. The molecule has 2 aliphatic rings. The third-order valence-corrected chi connectivity index (χ3v) is 6.61. The molecule has 29 heavy (non-hydrogen) atoms. The number of pyridine rings is 1. The molecule has 0 aliphatic carbocycles. The SMILES string of the molecule is Cc1nc(C)c(CN2CCOC[C@]3(CC[C@H](CNC(=O)c4cccnc4)O3)C2)s1. The summed E-state index contributed by atoms with van der Waals surface area (Å²) in [6, 6.07) is 3.53. The van der Waals surface area contributed by atoms with Crippen molar-refractivity contribution in [2.24, 2.45) is 0 Å². The molecular weight excluding hydrogens is 388 g/mol. The van der Waals surface area contributed by atoms with E-state index in [9.17, 15) is 4.79 Å². The zero-order chi connectivity index (χ0) is 20.3. The molecule has 0 saturated carbocycles. The van der Waals surface area contributed by atoms with Crippen LogP contribution < -0.4 is 5.32 Å². The van der Waals surface area contributed by atoms with Gasteiger partial charge in [-0.25, -0.2) is 4.98 Å². The van der Waals surface area contributed by atoms with Crippen LogP contribution in [-0.2, 0) is 16.0 Å². The maximum Gasteiger partial charge on any atom is 0.252 e. The van der Waals surface area contributed by atoms with Crippen molar-refractivity contribution < 1.29 is 14.3 Å². The van der Waals surface area contributed by atoms with Crippen molar-refractivity contribution in [3.63, 3.8) is 0 Å². The van der Waals surface area contributed by atoms with E-state index in [-0.39, 0.29) is 17.6 Å². The average Bonchev–Trinajstić information content (AvgIpc) is 3.18. The number of aromatic nitrogens is 2. The van der Waals surface area contributed by atoms with E-state index in [4.69, 9.17) is 9.47 Å². The topological polar surface area (TPSA) is 76.6 Å². The summed E-state index contributed by atoms with van der Waals surface area (Å²) in [5.74, 6) is -0.113. The van der Waals surface area contributed by atoms with E-state index in [1.807, 2.05) is 0 Å². The monoisotopic (exact) mass is 416 g/mol. The highest BCUT2D eigenvalue weighted by Gasteiger charge is 2.43. The second kappa shape index (κ2) is 8.87. The van der Waals surface area contributed by atoms with Gasteiger partial charge in [0.05, 0.1) is 35.6 Å². The van der Waals surface area contributed by atoms with E-state index in [0.29, 0.717) is 25.3 Å². The molecule has 7 nitrogen and oxygen atoms in total. The third kappa shape index (κ3) is 5.01. The molecule has 1 spiro atoms. The summed E-state index contributed by atoms with van der Waals surface area (Å²) in [6.45, 7) is 8.58. The Morgan fingerprint density at radius 1 is 1.45 bits per heavy atom. The molecule has 1 N–H and O–H groups in total. The minimum Gasteiger partial charge on any atom is -0.377 e. The van der Waals surface area contributed by atoms with Crippen molar-refractivity contribution in [3.8, 4) is 0 Å². The average molecular weight is 417 g/mol. The molecule has 2 atom stereocenters. The number of amides is 1. The van der Waals surface area contributed by atoms with Crippen molar-refractivity contribution in [1.29, 1.82) is 0 Å². The first kappa shape index (κ1) is 20.4. The maximum atomic E-state index is 12.3. The standard InChI is InChI=1S/C21H28N4O3S/c1-15-19(29-16(2)24-15)12-25-8-9-27-14-21(13-25)6-5-18(28-21)11-23-20(26)17-4-3-7-22-10-17/h3-4,7,10,18H,5-6,8-9,11-14H2,1-2H3,(H,23,26)/t18-,21+/m1/s1. The Hall–Kier alpha value is -1.87. The van der Waals surface area contributed by atoms with Crippen LogP contribution in [0.15, 0.2) is 24.5 Å². The quantitative estimate of drug-likeness (QED) is 0.806. The zero-order valence-electron chi connectivity index (χ0n) is 17.0. The molecule has 2 aliphatic heterocycles. The lowest BCUT2D eigenvalue weighted by Crippen LogP contribution is -2.45. The summed E-state index contributed by atoms with van der Waals surface area (Å²) < 4.78 is 12.4. The van der Waals surface area contributed by atoms with Gasteiger partial charge in [0.15, 0.2) is 0 Å². The molecule has 2 aromatic heterocycles. The van der Waals surface area contributed by atoms with Gasteiger partial charge in [-0.15, -0.1) is 11.3 Å². The Labute approximate surface area is 175 Å². The summed E-state index contributed by atoms with van der Waals surface area (Å²) in [6.07, 6.45) is 5.10. The zero-order valence-corrected chi connectivity index (χ0v) is 17.8. The lowest BCUT2D eigenvalue weighted by molar-refractivity contribution is -0.0848. The smallest absolute Gasteiger partial charge is 0.252 e. The Morgan fingerprint density at radius 3 is 3.10 bits per heavy atom. The van der Waals surface area contributed by atoms with Crippen LogP contribution >= 0.6 is 11.3 Å². The fraction of sp³-hybridized carbons (Fsp3) is 0.571. The minimum absolute atomic E-state index is 0.00607. The highest BCUT2D eigenvalue weighted by Crippen LogP contribution is 2.33. The molecule has 0 unspecified atom stereocenters. The fourth-order valence-corrected chi connectivity index (χ4v) is 5.09. The number of hydrogen-bond acceptors (Lipinski definition) is 7. The van der Waals surface area contributed by atoms with Crippen LogP contribution in [0.25, 0.3) is 0 Å². The van der Waals surface area contributed by atoms with Gasteiger partial charge in [-0.3, -0.25) is 14.7 Å². The molecule has 4 rings (SSSR count). The molecule has 0 radical (unpaired) electrons. The predicted octanol–water partition coefficient (Wildman–Crippen LogP) is 2.33. The minimum atomic E-state index is -0.298. The van der Waals surface area contributed by atoms with Crippen molar-refractivity contribution >= 4 is 17.2 Å². The second-order valence-corrected chi connectivity index (χ2v) is 9.21. The Morgan fingerprint density at radius 2 is 2.34 bits per heavy atom. The van der Waals surface area contributed by atoms with Gasteiger partial charge in [-0.2, -0.15) is 0 Å². The predicted molar refractivity (Wildman–Crippen MR) is 111 cm³/mol. The van der Waals surface area contributed by atoms with E-state index in [1.54, 1.807) is 35.9 Å². The number of carbonyl (C=O) groups excluding carboxylic acids is 1. The number of thiazole rings is 1. The molecule has 2 aromatic rings. The fourth-order valence-electron chi connectivity index (χ4n) is 4.11. The lowest BCUT2D eigenvalue weighted by atomic mass is 10.00. The Bertz CT molecular complexity index is 844. The van der Waals surface area contributed by atoms with Crippen LogP contribution in [0, 0.1) is 13.8 Å². The number of hydrogen-bond donors (Lipinski definition) is 1. The van der Waals surface area contributed by atoms with Gasteiger partial charge in [0.25, 0.3) is 5.91 Å². The largest absolute Gasteiger partial charge is 0.377 e. The first-order chi connectivity index (χ1) is 14.0. The Kier molecular flexibility index (Phi) is 6.24. The number of nitrogens with one attached hydrogen (secondary N) is 1. The molecule has 1 amide bonds. The highest BCUT2D eigenvalue weighted by atomic mass is 32.1. The van der Waals surface area contributed by atoms with E-state index in [2.05, 4.69) is 34.0 Å². The maximum absolute atomic E-state index is 12.3. The van der Waals surface area contributed by atoms with Crippen molar-refractivity contribution in [2.75, 3.05) is 32.8 Å². The van der Waals surface area contributed by atoms with Crippen LogP contribution in [0.4, 0.5) is 0 Å². The number of aryl methyl sites for hydroxylation is 2. The number of rotatable bonds is 5. The van der Waals surface area contributed by atoms with Gasteiger partial charge in [0, 0.05) is 43.4 Å². The van der Waals surface area contributed by atoms with Crippen LogP contribution in [-0.4, -0.2) is 65.3 Å². The number of carbonyl (C=O) groups is 1. The molecular formula is C21H28N4O3S. The first-order valence-electron chi connectivity index (χ1n) is 10.1. The molecule has 0 bridgehead atoms. The van der Waals surface area contributed by atoms with Gasteiger partial charge >= 0.3 is 0 Å². The molecule has 2 saturated heterocycles. The van der Waals surface area contributed by atoms with Crippen LogP contribution in [0.1, 0.15) is 38.8 Å². The van der Waals surface area contributed by atoms with Crippen molar-refractivity contribution in [1.82, 2.24) is 20.2 Å². The summed E-state index contributed by atoms with van der Waals surface area (Å²) in [5, 5.41) is 4.09. The van der Waals surface area contributed by atoms with Crippen LogP contribution in [0.5, 0.6) is 0 Å². The number of ether oxygens (including phenoxy) is 2. The second-order valence-electron chi connectivity index (χ2n) is 7.92. The van der Waals surface area contributed by atoms with E-state index in [1.165, 1.54) is 4.88 Å². The summed E-state index contributed by atoms with van der Waals surface area (Å²) in [4.78, 5) is 24.6. The highest BCUT2D eigenvalue weighted by molar-refractivity contribution is 7.11. The van der Waals surface area contributed by atoms with Gasteiger partial charge in [-0.1, -0.05) is 0 Å². The van der Waals surface area contributed by atoms with Gasteiger partial charge < -0.3 is 14.8 Å². The molecule has 156 valence electrons. The van der Waals surface area contributed by atoms with Crippen molar-refractivity contribution in [2.45, 2.75) is 44.9 Å². The van der Waals surface area contributed by atoms with Gasteiger partial charge in [0.2, 0.25) is 0 Å². The van der Waals surface area contributed by atoms with Crippen LogP contribution in [0.2, 0.25) is 0 Å². The first-order valence-corrected chi connectivity index (χ1v) is 10.9. The summed E-state index contributed by atoms with van der Waals surface area (Å²) >= 11 is 1.77.